The summed E-state index contributed by atoms with van der Waals surface area (Å²) in [5.74, 6) is 1.00. The highest BCUT2D eigenvalue weighted by Crippen LogP contribution is 2.40. The fourth-order valence-electron chi connectivity index (χ4n) is 4.41. The zero-order valence-corrected chi connectivity index (χ0v) is 19.2. The molecule has 0 unspecified atom stereocenters. The van der Waals surface area contributed by atoms with Gasteiger partial charge < -0.3 is 15.0 Å². The number of likely N-dealkylation sites (N-methyl/N-ethyl adjacent to an activating group) is 1. The Bertz CT molecular complexity index is 1280. The Kier molecular flexibility index (Phi) is 5.52. The van der Waals surface area contributed by atoms with E-state index in [4.69, 9.17) is 4.74 Å². The molecule has 4 aromatic rings. The number of carbonyl (C=O) groups is 1. The SMILES string of the molecule is CO[C@@H](C)CN(C)C(=O)[C@H]1CCc2c(sc3ncnc(Nc4ccn5nccc5c4)c23)C1. The minimum atomic E-state index is -0.00161. The van der Waals surface area contributed by atoms with Gasteiger partial charge in [0.1, 0.15) is 17.0 Å². The minimum Gasteiger partial charge on any atom is -0.380 e. The summed E-state index contributed by atoms with van der Waals surface area (Å²) in [7, 11) is 3.54. The highest BCUT2D eigenvalue weighted by Gasteiger charge is 2.31. The van der Waals surface area contributed by atoms with Crippen LogP contribution in [0.1, 0.15) is 23.8 Å². The second-order valence-electron chi connectivity index (χ2n) is 8.35. The molecule has 0 radical (unpaired) electrons. The van der Waals surface area contributed by atoms with Crippen LogP contribution in [-0.4, -0.2) is 57.2 Å². The van der Waals surface area contributed by atoms with Crippen molar-refractivity contribution in [1.82, 2.24) is 24.5 Å². The van der Waals surface area contributed by atoms with Gasteiger partial charge in [0.25, 0.3) is 0 Å². The Morgan fingerprint density at radius 1 is 1.41 bits per heavy atom. The molecule has 1 aliphatic rings. The van der Waals surface area contributed by atoms with E-state index in [1.165, 1.54) is 10.4 Å². The highest BCUT2D eigenvalue weighted by molar-refractivity contribution is 7.19. The third-order valence-corrected chi connectivity index (χ3v) is 7.33. The molecule has 0 bridgehead atoms. The number of methoxy groups -OCH3 is 1. The molecule has 0 spiro atoms. The first-order chi connectivity index (χ1) is 15.5. The molecule has 0 aliphatic heterocycles. The second kappa shape index (κ2) is 8.48. The van der Waals surface area contributed by atoms with E-state index >= 15 is 0 Å². The molecule has 1 aliphatic carbocycles. The molecule has 0 saturated heterocycles. The lowest BCUT2D eigenvalue weighted by molar-refractivity contribution is -0.135. The van der Waals surface area contributed by atoms with Gasteiger partial charge in [0.2, 0.25) is 5.91 Å². The predicted octanol–water partition coefficient (Wildman–Crippen LogP) is 3.68. The third kappa shape index (κ3) is 3.82. The fraction of sp³-hybridized carbons (Fsp3) is 0.391. The molecule has 9 heteroatoms. The van der Waals surface area contributed by atoms with E-state index in [9.17, 15) is 4.79 Å². The highest BCUT2D eigenvalue weighted by atomic mass is 32.1. The zero-order chi connectivity index (χ0) is 22.2. The molecule has 4 heterocycles. The molecule has 166 valence electrons. The molecule has 4 aromatic heterocycles. The van der Waals surface area contributed by atoms with Crippen LogP contribution in [0.2, 0.25) is 0 Å². The van der Waals surface area contributed by atoms with Crippen molar-refractivity contribution in [2.75, 3.05) is 26.0 Å². The van der Waals surface area contributed by atoms with Gasteiger partial charge in [-0.1, -0.05) is 0 Å². The van der Waals surface area contributed by atoms with E-state index in [-0.39, 0.29) is 17.9 Å². The van der Waals surface area contributed by atoms with Crippen LogP contribution in [0, 0.1) is 5.92 Å². The van der Waals surface area contributed by atoms with Gasteiger partial charge in [-0.25, -0.2) is 14.5 Å². The van der Waals surface area contributed by atoms with Crippen LogP contribution in [0.25, 0.3) is 15.7 Å². The number of nitrogens with one attached hydrogen (secondary N) is 1. The first kappa shape index (κ1) is 20.8. The molecule has 32 heavy (non-hydrogen) atoms. The van der Waals surface area contributed by atoms with Gasteiger partial charge in [0.15, 0.2) is 0 Å². The maximum Gasteiger partial charge on any atom is 0.225 e. The van der Waals surface area contributed by atoms with Crippen LogP contribution in [0.3, 0.4) is 0 Å². The summed E-state index contributed by atoms with van der Waals surface area (Å²) >= 11 is 1.68. The van der Waals surface area contributed by atoms with Crippen molar-refractivity contribution < 1.29 is 9.53 Å². The molecule has 0 fully saturated rings. The minimum absolute atomic E-state index is 0.00161. The summed E-state index contributed by atoms with van der Waals surface area (Å²) in [6.07, 6.45) is 7.77. The Balaban J connectivity index is 1.40. The Labute approximate surface area is 190 Å². The molecule has 2 atom stereocenters. The number of rotatable bonds is 6. The molecular formula is C23H26N6O2S. The molecule has 5 rings (SSSR count). The number of ether oxygens (including phenoxy) is 1. The monoisotopic (exact) mass is 450 g/mol. The fourth-order valence-corrected chi connectivity index (χ4v) is 5.68. The van der Waals surface area contributed by atoms with Crippen molar-refractivity contribution in [3.8, 4) is 0 Å². The predicted molar refractivity (Wildman–Crippen MR) is 126 cm³/mol. The van der Waals surface area contributed by atoms with Crippen LogP contribution in [0.4, 0.5) is 11.5 Å². The third-order valence-electron chi connectivity index (χ3n) is 6.17. The number of aromatic nitrogens is 4. The topological polar surface area (TPSA) is 84.6 Å². The number of aryl methyl sites for hydroxylation is 1. The van der Waals surface area contributed by atoms with Gasteiger partial charge >= 0.3 is 0 Å². The van der Waals surface area contributed by atoms with Crippen LogP contribution in [-0.2, 0) is 22.4 Å². The largest absolute Gasteiger partial charge is 0.380 e. The molecule has 0 saturated carbocycles. The Hall–Kier alpha value is -3.04. The van der Waals surface area contributed by atoms with Crippen molar-refractivity contribution in [2.45, 2.75) is 32.3 Å². The molecule has 8 nitrogen and oxygen atoms in total. The maximum atomic E-state index is 13.0. The molecule has 1 N–H and O–H groups in total. The zero-order valence-electron chi connectivity index (χ0n) is 18.4. The number of nitrogens with zero attached hydrogens (tertiary/aromatic N) is 5. The average molecular weight is 451 g/mol. The smallest absolute Gasteiger partial charge is 0.225 e. The van der Waals surface area contributed by atoms with Gasteiger partial charge in [-0.15, -0.1) is 11.3 Å². The van der Waals surface area contributed by atoms with Crippen LogP contribution >= 0.6 is 11.3 Å². The van der Waals surface area contributed by atoms with E-state index in [0.29, 0.717) is 6.54 Å². The first-order valence-corrected chi connectivity index (χ1v) is 11.6. The van der Waals surface area contributed by atoms with Crippen molar-refractivity contribution >= 4 is 44.5 Å². The van der Waals surface area contributed by atoms with Crippen molar-refractivity contribution in [3.05, 3.63) is 47.4 Å². The van der Waals surface area contributed by atoms with E-state index < -0.39 is 0 Å². The number of hydrogen-bond donors (Lipinski definition) is 1. The van der Waals surface area contributed by atoms with Crippen molar-refractivity contribution in [1.29, 1.82) is 0 Å². The Morgan fingerprint density at radius 3 is 3.12 bits per heavy atom. The lowest BCUT2D eigenvalue weighted by Crippen LogP contribution is -2.39. The normalized spacial score (nSPS) is 16.8. The van der Waals surface area contributed by atoms with Crippen molar-refractivity contribution in [2.24, 2.45) is 5.92 Å². The quantitative estimate of drug-likeness (QED) is 0.482. The lowest BCUT2D eigenvalue weighted by Gasteiger charge is -2.28. The van der Waals surface area contributed by atoms with Crippen LogP contribution < -0.4 is 5.32 Å². The van der Waals surface area contributed by atoms with E-state index in [2.05, 4.69) is 20.4 Å². The number of carbonyl (C=O) groups excluding carboxylic acids is 1. The number of hydrogen-bond acceptors (Lipinski definition) is 7. The standard InChI is InChI=1S/C23H26N6O2S/c1-14(31-3)12-28(2)23(30)15-4-5-18-19(10-15)32-22-20(18)21(24-13-25-22)27-16-7-9-29-17(11-16)6-8-26-29/h6-9,11,13-15H,4-5,10,12H2,1-3H3,(H,24,25,27)/t14-,15-/m0/s1. The van der Waals surface area contributed by atoms with Gasteiger partial charge in [0.05, 0.1) is 17.0 Å². The van der Waals surface area contributed by atoms with E-state index in [0.717, 1.165) is 46.5 Å². The first-order valence-electron chi connectivity index (χ1n) is 10.8. The van der Waals surface area contributed by atoms with E-state index in [1.807, 2.05) is 42.9 Å². The van der Waals surface area contributed by atoms with Crippen LogP contribution in [0.5, 0.6) is 0 Å². The Morgan fingerprint density at radius 2 is 2.28 bits per heavy atom. The van der Waals surface area contributed by atoms with E-state index in [1.54, 1.807) is 35.9 Å². The molecular weight excluding hydrogens is 424 g/mol. The number of amides is 1. The summed E-state index contributed by atoms with van der Waals surface area (Å²) < 4.78 is 7.14. The number of fused-ring (bicyclic) bond motifs is 4. The summed E-state index contributed by atoms with van der Waals surface area (Å²) in [5.41, 5.74) is 3.24. The number of pyridine rings is 1. The summed E-state index contributed by atoms with van der Waals surface area (Å²) in [4.78, 5) is 26.1. The van der Waals surface area contributed by atoms with Gasteiger partial charge in [-0.3, -0.25) is 4.79 Å². The number of thiophene rings is 1. The number of anilines is 2. The van der Waals surface area contributed by atoms with Crippen LogP contribution in [0.15, 0.2) is 36.9 Å². The van der Waals surface area contributed by atoms with Gasteiger partial charge in [-0.2, -0.15) is 5.10 Å². The summed E-state index contributed by atoms with van der Waals surface area (Å²) in [6.45, 7) is 2.58. The summed E-state index contributed by atoms with van der Waals surface area (Å²) in [6, 6.07) is 6.00. The second-order valence-corrected chi connectivity index (χ2v) is 9.44. The van der Waals surface area contributed by atoms with Gasteiger partial charge in [0, 0.05) is 49.6 Å². The summed E-state index contributed by atoms with van der Waals surface area (Å²) in [5, 5.41) is 8.79. The lowest BCUT2D eigenvalue weighted by atomic mass is 9.87. The maximum absolute atomic E-state index is 13.0. The molecule has 0 aromatic carbocycles. The van der Waals surface area contributed by atoms with Gasteiger partial charge in [-0.05, 0) is 49.9 Å². The molecule has 1 amide bonds. The van der Waals surface area contributed by atoms with Crippen molar-refractivity contribution in [3.63, 3.8) is 0 Å². The average Bonchev–Trinajstić information content (AvgIpc) is 3.42.